The molecule has 0 spiro atoms. The van der Waals surface area contributed by atoms with E-state index in [1.54, 1.807) is 5.56 Å². The van der Waals surface area contributed by atoms with Gasteiger partial charge in [-0.2, -0.15) is 0 Å². The fraction of sp³-hybridized carbons (Fsp3) is 0.625. The molecule has 0 N–H and O–H groups in total. The summed E-state index contributed by atoms with van der Waals surface area (Å²) in [6.45, 7) is 4.67. The fourth-order valence-electron chi connectivity index (χ4n) is 3.71. The third-order valence-electron chi connectivity index (χ3n) is 5.29. The Hall–Kier alpha value is -0.780. The summed E-state index contributed by atoms with van der Waals surface area (Å²) in [6.07, 6.45) is 8.61. The topological polar surface area (TPSA) is 0 Å². The average Bonchev–Trinajstić information content (AvgIpc) is 2.31. The minimum Gasteiger partial charge on any atom is -0.0596 e. The molecule has 0 aliphatic heterocycles. The first kappa shape index (κ1) is 10.4. The zero-order valence-electron chi connectivity index (χ0n) is 10.6. The van der Waals surface area contributed by atoms with E-state index in [-0.39, 0.29) is 0 Å². The highest BCUT2D eigenvalue weighted by atomic mass is 14.5. The Kier molecular flexibility index (Phi) is 2.18. The Morgan fingerprint density at radius 2 is 1.31 bits per heavy atom. The van der Waals surface area contributed by atoms with Crippen molar-refractivity contribution >= 4 is 0 Å². The lowest BCUT2D eigenvalue weighted by Crippen LogP contribution is -2.42. The number of fused-ring (bicyclic) bond motifs is 3. The van der Waals surface area contributed by atoms with Crippen LogP contribution in [0.15, 0.2) is 24.3 Å². The molecule has 3 aliphatic carbocycles. The van der Waals surface area contributed by atoms with E-state index in [0.29, 0.717) is 10.8 Å². The molecule has 3 fully saturated rings. The van der Waals surface area contributed by atoms with Crippen molar-refractivity contribution in [3.05, 3.63) is 35.4 Å². The Bertz CT molecular complexity index is 360. The zero-order valence-corrected chi connectivity index (χ0v) is 10.6. The van der Waals surface area contributed by atoms with Gasteiger partial charge in [-0.15, -0.1) is 0 Å². The van der Waals surface area contributed by atoms with E-state index in [2.05, 4.69) is 38.1 Å². The number of aryl methyl sites for hydroxylation is 1. The molecule has 3 saturated carbocycles. The molecule has 0 unspecified atom stereocenters. The van der Waals surface area contributed by atoms with Crippen LogP contribution in [-0.2, 0) is 5.41 Å². The van der Waals surface area contributed by atoms with Gasteiger partial charge in [-0.05, 0) is 61.8 Å². The second kappa shape index (κ2) is 3.35. The molecular weight excluding hydrogens is 192 g/mol. The third kappa shape index (κ3) is 1.50. The Morgan fingerprint density at radius 3 is 1.81 bits per heavy atom. The fourth-order valence-corrected chi connectivity index (χ4v) is 3.71. The molecule has 86 valence electrons. The molecule has 0 atom stereocenters. The van der Waals surface area contributed by atoms with Gasteiger partial charge in [-0.3, -0.25) is 0 Å². The van der Waals surface area contributed by atoms with Crippen LogP contribution in [0.4, 0.5) is 0 Å². The first-order valence-electron chi connectivity index (χ1n) is 6.69. The molecule has 2 bridgehead atoms. The lowest BCUT2D eigenvalue weighted by molar-refractivity contribution is 0.0556. The first-order valence-corrected chi connectivity index (χ1v) is 6.69. The molecule has 4 rings (SSSR count). The van der Waals surface area contributed by atoms with E-state index >= 15 is 0 Å². The van der Waals surface area contributed by atoms with Gasteiger partial charge in [0.2, 0.25) is 0 Å². The molecule has 0 radical (unpaired) electrons. The van der Waals surface area contributed by atoms with Gasteiger partial charge in [0.15, 0.2) is 0 Å². The van der Waals surface area contributed by atoms with Crippen LogP contribution in [-0.4, -0.2) is 0 Å². The van der Waals surface area contributed by atoms with Crippen LogP contribution in [0.5, 0.6) is 0 Å². The number of benzene rings is 1. The highest BCUT2D eigenvalue weighted by Gasteiger charge is 2.46. The maximum atomic E-state index is 2.49. The first-order chi connectivity index (χ1) is 7.62. The van der Waals surface area contributed by atoms with Gasteiger partial charge in [-0.25, -0.2) is 0 Å². The molecule has 0 aromatic heterocycles. The van der Waals surface area contributed by atoms with Gasteiger partial charge in [0.05, 0.1) is 0 Å². The molecule has 0 heteroatoms. The number of hydrogen-bond acceptors (Lipinski definition) is 0. The van der Waals surface area contributed by atoms with Crippen LogP contribution in [0.25, 0.3) is 0 Å². The van der Waals surface area contributed by atoms with E-state index in [1.165, 1.54) is 44.1 Å². The maximum Gasteiger partial charge on any atom is -0.00464 e. The van der Waals surface area contributed by atoms with Crippen molar-refractivity contribution in [3.8, 4) is 0 Å². The van der Waals surface area contributed by atoms with Gasteiger partial charge in [0.25, 0.3) is 0 Å². The summed E-state index contributed by atoms with van der Waals surface area (Å²) in [7, 11) is 0. The van der Waals surface area contributed by atoms with Crippen molar-refractivity contribution in [3.63, 3.8) is 0 Å². The molecule has 1 aromatic rings. The summed E-state index contributed by atoms with van der Waals surface area (Å²) >= 11 is 0. The molecule has 16 heavy (non-hydrogen) atoms. The van der Waals surface area contributed by atoms with Gasteiger partial charge >= 0.3 is 0 Å². The number of hydrogen-bond donors (Lipinski definition) is 0. The second-order valence-electron chi connectivity index (χ2n) is 6.46. The lowest BCUT2D eigenvalue weighted by atomic mass is 9.52. The van der Waals surface area contributed by atoms with Crippen molar-refractivity contribution in [1.82, 2.24) is 0 Å². The van der Waals surface area contributed by atoms with Crippen LogP contribution in [0, 0.1) is 12.3 Å². The predicted octanol–water partition coefficient (Wildman–Crippen LogP) is 4.61. The van der Waals surface area contributed by atoms with E-state index in [4.69, 9.17) is 0 Å². The quantitative estimate of drug-likeness (QED) is 0.640. The zero-order chi connectivity index (χ0) is 11.2. The van der Waals surface area contributed by atoms with Crippen LogP contribution in [0.2, 0.25) is 0 Å². The summed E-state index contributed by atoms with van der Waals surface area (Å²) in [4.78, 5) is 0. The molecule has 0 amide bonds. The van der Waals surface area contributed by atoms with Crippen LogP contribution >= 0.6 is 0 Å². The van der Waals surface area contributed by atoms with E-state index in [1.807, 2.05) is 0 Å². The van der Waals surface area contributed by atoms with Gasteiger partial charge in [0, 0.05) is 0 Å². The number of rotatable bonds is 1. The molecule has 1 aromatic carbocycles. The van der Waals surface area contributed by atoms with E-state index < -0.39 is 0 Å². The molecular formula is C16H22. The minimum atomic E-state index is 0.547. The Labute approximate surface area is 99.1 Å². The van der Waals surface area contributed by atoms with Gasteiger partial charge < -0.3 is 0 Å². The largest absolute Gasteiger partial charge is 0.0596 e. The summed E-state index contributed by atoms with van der Waals surface area (Å²) in [5.74, 6) is 0. The summed E-state index contributed by atoms with van der Waals surface area (Å²) in [5.41, 5.74) is 4.23. The van der Waals surface area contributed by atoms with E-state index in [9.17, 15) is 0 Å². The van der Waals surface area contributed by atoms with Crippen molar-refractivity contribution in [1.29, 1.82) is 0 Å². The summed E-state index contributed by atoms with van der Waals surface area (Å²) in [5, 5.41) is 0. The highest BCUT2D eigenvalue weighted by molar-refractivity contribution is 5.30. The van der Waals surface area contributed by atoms with Crippen molar-refractivity contribution < 1.29 is 0 Å². The average molecular weight is 214 g/mol. The third-order valence-corrected chi connectivity index (χ3v) is 5.29. The maximum absolute atomic E-state index is 2.49. The normalized spacial score (nSPS) is 37.6. The monoisotopic (exact) mass is 214 g/mol. The standard InChI is InChI=1S/C16H22/c1-13-3-5-14(6-4-13)16-10-7-15(2,8-11-16)9-12-16/h3-6H,7-12H2,1-2H3. The summed E-state index contributed by atoms with van der Waals surface area (Å²) < 4.78 is 0. The smallest absolute Gasteiger partial charge is 0.00464 e. The van der Waals surface area contributed by atoms with Gasteiger partial charge in [-0.1, -0.05) is 36.8 Å². The minimum absolute atomic E-state index is 0.547. The van der Waals surface area contributed by atoms with Crippen LogP contribution in [0.1, 0.15) is 56.6 Å². The SMILES string of the molecule is Cc1ccc(C23CCC(C)(CC2)CC3)cc1. The van der Waals surface area contributed by atoms with E-state index in [0.717, 1.165) is 0 Å². The van der Waals surface area contributed by atoms with Crippen molar-refractivity contribution in [2.75, 3.05) is 0 Å². The Balaban J connectivity index is 1.92. The molecule has 0 nitrogen and oxygen atoms in total. The second-order valence-corrected chi connectivity index (χ2v) is 6.46. The van der Waals surface area contributed by atoms with Crippen LogP contribution in [0.3, 0.4) is 0 Å². The van der Waals surface area contributed by atoms with Gasteiger partial charge in [0.1, 0.15) is 0 Å². The molecule has 0 saturated heterocycles. The lowest BCUT2D eigenvalue weighted by Gasteiger charge is -2.52. The van der Waals surface area contributed by atoms with Crippen molar-refractivity contribution in [2.45, 2.75) is 57.8 Å². The summed E-state index contributed by atoms with van der Waals surface area (Å²) in [6, 6.07) is 9.33. The van der Waals surface area contributed by atoms with Crippen LogP contribution < -0.4 is 0 Å². The highest BCUT2D eigenvalue weighted by Crippen LogP contribution is 2.57. The Morgan fingerprint density at radius 1 is 0.812 bits per heavy atom. The predicted molar refractivity (Wildman–Crippen MR) is 68.7 cm³/mol. The van der Waals surface area contributed by atoms with Crippen molar-refractivity contribution in [2.24, 2.45) is 5.41 Å². The molecule has 0 heterocycles. The molecule has 3 aliphatic rings.